The molecule has 0 spiro atoms. The Morgan fingerprint density at radius 1 is 1.56 bits per heavy atom. The maximum absolute atomic E-state index is 11.8. The van der Waals surface area contributed by atoms with Crippen LogP contribution in [0, 0.1) is 5.41 Å². The van der Waals surface area contributed by atoms with E-state index < -0.39 is 29.0 Å². The van der Waals surface area contributed by atoms with Crippen LogP contribution in [0.4, 0.5) is 0 Å². The van der Waals surface area contributed by atoms with Gasteiger partial charge >= 0.3 is 11.7 Å². The molecule has 0 saturated heterocycles. The van der Waals surface area contributed by atoms with E-state index in [2.05, 4.69) is 15.3 Å². The third kappa shape index (κ3) is 2.03. The topological polar surface area (TPSA) is 115 Å². The van der Waals surface area contributed by atoms with Crippen LogP contribution in [0.2, 0.25) is 0 Å². The minimum atomic E-state index is -0.938. The lowest BCUT2D eigenvalue weighted by molar-refractivity contribution is -0.148. The monoisotopic (exact) mass is 253 g/mol. The summed E-state index contributed by atoms with van der Waals surface area (Å²) < 4.78 is 0. The van der Waals surface area contributed by atoms with Crippen molar-refractivity contribution in [3.05, 3.63) is 22.4 Å². The van der Waals surface area contributed by atoms with Crippen LogP contribution in [0.25, 0.3) is 0 Å². The van der Waals surface area contributed by atoms with Crippen molar-refractivity contribution < 1.29 is 14.7 Å². The Bertz CT molecular complexity index is 532. The Morgan fingerprint density at radius 3 is 2.83 bits per heavy atom. The maximum Gasteiger partial charge on any atom is 0.323 e. The molecule has 0 bridgehead atoms. The number of nitrogens with one attached hydrogen (secondary N) is 3. The van der Waals surface area contributed by atoms with Crippen molar-refractivity contribution in [2.75, 3.05) is 0 Å². The molecule has 7 nitrogen and oxygen atoms in total. The fourth-order valence-corrected chi connectivity index (χ4v) is 2.34. The lowest BCUT2D eigenvalue weighted by Gasteiger charge is -2.27. The van der Waals surface area contributed by atoms with E-state index in [9.17, 15) is 19.5 Å². The lowest BCUT2D eigenvalue weighted by atomic mass is 9.85. The van der Waals surface area contributed by atoms with Gasteiger partial charge in [0.25, 0.3) is 5.91 Å². The number of imidazole rings is 1. The summed E-state index contributed by atoms with van der Waals surface area (Å²) in [5, 5.41) is 11.9. The number of carbonyl (C=O) groups excluding carboxylic acids is 1. The van der Waals surface area contributed by atoms with Gasteiger partial charge in [-0.25, -0.2) is 4.79 Å². The van der Waals surface area contributed by atoms with Crippen molar-refractivity contribution in [3.63, 3.8) is 0 Å². The van der Waals surface area contributed by atoms with Gasteiger partial charge in [0.15, 0.2) is 0 Å². The Balaban J connectivity index is 2.12. The number of carboxylic acids is 1. The highest BCUT2D eigenvalue weighted by atomic mass is 16.4. The van der Waals surface area contributed by atoms with Crippen LogP contribution in [-0.4, -0.2) is 33.0 Å². The van der Waals surface area contributed by atoms with Crippen LogP contribution < -0.4 is 11.0 Å². The van der Waals surface area contributed by atoms with Gasteiger partial charge in [0.1, 0.15) is 5.69 Å². The average Bonchev–Trinajstić information content (AvgIpc) is 2.87. The molecule has 2 rings (SSSR count). The summed E-state index contributed by atoms with van der Waals surface area (Å²) in [6, 6.07) is -0.416. The molecule has 98 valence electrons. The predicted octanol–water partition coefficient (Wildman–Crippen LogP) is 0.0762. The molecule has 1 heterocycles. The minimum Gasteiger partial charge on any atom is -0.481 e. The number of carbonyl (C=O) groups is 2. The van der Waals surface area contributed by atoms with Crippen molar-refractivity contribution in [3.8, 4) is 0 Å². The first-order chi connectivity index (χ1) is 8.43. The number of rotatable bonds is 3. The smallest absolute Gasteiger partial charge is 0.323 e. The summed E-state index contributed by atoms with van der Waals surface area (Å²) in [6.07, 6.45) is 3.20. The molecule has 18 heavy (non-hydrogen) atoms. The van der Waals surface area contributed by atoms with Crippen molar-refractivity contribution in [2.45, 2.75) is 32.2 Å². The van der Waals surface area contributed by atoms with Gasteiger partial charge in [-0.15, -0.1) is 0 Å². The van der Waals surface area contributed by atoms with Crippen molar-refractivity contribution in [1.29, 1.82) is 0 Å². The van der Waals surface area contributed by atoms with Gasteiger partial charge in [-0.05, 0) is 19.8 Å². The molecular weight excluding hydrogens is 238 g/mol. The van der Waals surface area contributed by atoms with Gasteiger partial charge in [-0.3, -0.25) is 9.59 Å². The first-order valence-electron chi connectivity index (χ1n) is 5.75. The van der Waals surface area contributed by atoms with Crippen LogP contribution in [-0.2, 0) is 4.79 Å². The second-order valence-electron chi connectivity index (χ2n) is 4.80. The Hall–Kier alpha value is -2.05. The number of aliphatic carboxylic acids is 1. The molecule has 2 atom stereocenters. The highest BCUT2D eigenvalue weighted by molar-refractivity contribution is 5.92. The number of amides is 1. The van der Waals surface area contributed by atoms with Crippen molar-refractivity contribution in [2.24, 2.45) is 5.41 Å². The molecule has 1 aromatic rings. The molecule has 1 aliphatic rings. The molecule has 2 unspecified atom stereocenters. The van der Waals surface area contributed by atoms with Gasteiger partial charge < -0.3 is 20.4 Å². The van der Waals surface area contributed by atoms with E-state index in [0.717, 1.165) is 6.42 Å². The van der Waals surface area contributed by atoms with Crippen molar-refractivity contribution in [1.82, 2.24) is 15.3 Å². The standard InChI is InChI=1S/C11H15N3O4/c1-11(9(16)17)4-2-3-7(11)14-8(15)6-5-12-10(18)13-6/h5,7H,2-4H2,1H3,(H,14,15)(H,16,17)(H2,12,13,18). The number of hydrogen-bond acceptors (Lipinski definition) is 3. The average molecular weight is 253 g/mol. The van der Waals surface area contributed by atoms with Gasteiger partial charge in [0, 0.05) is 12.2 Å². The zero-order chi connectivity index (χ0) is 13.3. The summed E-state index contributed by atoms with van der Waals surface area (Å²) in [4.78, 5) is 38.6. The molecule has 4 N–H and O–H groups in total. The van der Waals surface area contributed by atoms with E-state index in [4.69, 9.17) is 0 Å². The summed E-state index contributed by atoms with van der Waals surface area (Å²) >= 11 is 0. The van der Waals surface area contributed by atoms with Crippen LogP contribution >= 0.6 is 0 Å². The second kappa shape index (κ2) is 4.32. The summed E-state index contributed by atoms with van der Waals surface area (Å²) in [5.41, 5.74) is -1.29. The number of aromatic amines is 2. The van der Waals surface area contributed by atoms with Gasteiger partial charge in [-0.2, -0.15) is 0 Å². The lowest BCUT2D eigenvalue weighted by Crippen LogP contribution is -2.47. The third-order valence-electron chi connectivity index (χ3n) is 3.59. The predicted molar refractivity (Wildman–Crippen MR) is 62.3 cm³/mol. The van der Waals surface area contributed by atoms with E-state index >= 15 is 0 Å². The zero-order valence-electron chi connectivity index (χ0n) is 9.95. The molecule has 0 radical (unpaired) electrons. The molecule has 1 aliphatic carbocycles. The second-order valence-corrected chi connectivity index (χ2v) is 4.80. The maximum atomic E-state index is 11.8. The molecular formula is C11H15N3O4. The van der Waals surface area contributed by atoms with Gasteiger partial charge in [0.05, 0.1) is 5.41 Å². The number of hydrogen-bond donors (Lipinski definition) is 4. The largest absolute Gasteiger partial charge is 0.481 e. The molecule has 1 aromatic heterocycles. The van der Waals surface area contributed by atoms with E-state index in [-0.39, 0.29) is 5.69 Å². The molecule has 7 heteroatoms. The Labute approximate surface area is 103 Å². The van der Waals surface area contributed by atoms with E-state index in [0.29, 0.717) is 12.8 Å². The fourth-order valence-electron chi connectivity index (χ4n) is 2.34. The first-order valence-corrected chi connectivity index (χ1v) is 5.75. The highest BCUT2D eigenvalue weighted by Crippen LogP contribution is 2.38. The molecule has 0 aliphatic heterocycles. The van der Waals surface area contributed by atoms with Crippen molar-refractivity contribution >= 4 is 11.9 Å². The number of H-pyrrole nitrogens is 2. The SMILES string of the molecule is CC1(C(=O)O)CCCC1NC(=O)c1c[nH]c(=O)[nH]1. The fraction of sp³-hybridized carbons (Fsp3) is 0.545. The minimum absolute atomic E-state index is 0.111. The van der Waals surface area contributed by atoms with Gasteiger partial charge in [-0.1, -0.05) is 6.42 Å². The Kier molecular flexibility index (Phi) is 2.98. The summed E-state index contributed by atoms with van der Waals surface area (Å²) in [7, 11) is 0. The van der Waals surface area contributed by atoms with Crippen LogP contribution in [0.3, 0.4) is 0 Å². The molecule has 1 saturated carbocycles. The molecule has 1 amide bonds. The van der Waals surface area contributed by atoms with Crippen LogP contribution in [0.5, 0.6) is 0 Å². The summed E-state index contributed by atoms with van der Waals surface area (Å²) in [5.74, 6) is -1.37. The normalized spacial score (nSPS) is 27.1. The van der Waals surface area contributed by atoms with E-state index in [1.165, 1.54) is 6.20 Å². The number of carboxylic acid groups (broad SMARTS) is 1. The molecule has 0 aromatic carbocycles. The van der Waals surface area contributed by atoms with Gasteiger partial charge in [0.2, 0.25) is 0 Å². The van der Waals surface area contributed by atoms with Crippen LogP contribution in [0.15, 0.2) is 11.0 Å². The summed E-state index contributed by atoms with van der Waals surface area (Å²) in [6.45, 7) is 1.63. The third-order valence-corrected chi connectivity index (χ3v) is 3.59. The quantitative estimate of drug-likeness (QED) is 0.610. The zero-order valence-corrected chi connectivity index (χ0v) is 9.95. The van der Waals surface area contributed by atoms with Crippen LogP contribution in [0.1, 0.15) is 36.7 Å². The first kappa shape index (κ1) is 12.4. The highest BCUT2D eigenvalue weighted by Gasteiger charge is 2.46. The number of aromatic nitrogens is 2. The van der Waals surface area contributed by atoms with E-state index in [1.54, 1.807) is 6.92 Å². The molecule has 1 fully saturated rings. The Morgan fingerprint density at radius 2 is 2.28 bits per heavy atom. The van der Waals surface area contributed by atoms with E-state index in [1.807, 2.05) is 0 Å².